The lowest BCUT2D eigenvalue weighted by molar-refractivity contribution is -0.145. The fraction of sp³-hybridized carbons (Fsp3) is 0.812. The van der Waals surface area contributed by atoms with Gasteiger partial charge in [-0.25, -0.2) is 0 Å². The van der Waals surface area contributed by atoms with Gasteiger partial charge in [0, 0.05) is 0 Å². The van der Waals surface area contributed by atoms with Crippen LogP contribution in [0.25, 0.3) is 0 Å². The van der Waals surface area contributed by atoms with Crippen LogP contribution in [-0.4, -0.2) is 43.3 Å². The van der Waals surface area contributed by atoms with Gasteiger partial charge in [0.15, 0.2) is 0 Å². The van der Waals surface area contributed by atoms with Crippen molar-refractivity contribution < 1.29 is 9.90 Å². The predicted molar refractivity (Wildman–Crippen MR) is 82.3 cm³/mol. The van der Waals surface area contributed by atoms with E-state index in [1.807, 2.05) is 11.5 Å². The molecule has 1 N–H and O–H groups in total. The Hall–Kier alpha value is -1.43. The lowest BCUT2D eigenvalue weighted by Crippen LogP contribution is -2.48. The van der Waals surface area contributed by atoms with Crippen LogP contribution in [0, 0.1) is 18.8 Å². The maximum absolute atomic E-state index is 11.6. The minimum absolute atomic E-state index is 0.455. The highest BCUT2D eigenvalue weighted by Crippen LogP contribution is 2.31. The molecule has 6 nitrogen and oxygen atoms in total. The quantitative estimate of drug-likeness (QED) is 0.922. The summed E-state index contributed by atoms with van der Waals surface area (Å²) in [6.45, 7) is 6.12. The Bertz CT molecular complexity index is 542. The summed E-state index contributed by atoms with van der Waals surface area (Å²) in [5, 5.41) is 17.8. The topological polar surface area (TPSA) is 71.2 Å². The molecule has 6 heteroatoms. The van der Waals surface area contributed by atoms with Gasteiger partial charge in [-0.2, -0.15) is 0 Å². The second-order valence-electron chi connectivity index (χ2n) is 7.03. The Balaban J connectivity index is 1.65. The zero-order valence-corrected chi connectivity index (χ0v) is 13.5. The molecular formula is C16H26N4O2. The normalized spacial score (nSPS) is 29.3. The van der Waals surface area contributed by atoms with Crippen molar-refractivity contribution in [2.45, 2.75) is 65.1 Å². The molecule has 0 bridgehead atoms. The molecule has 0 radical (unpaired) electrons. The van der Waals surface area contributed by atoms with E-state index in [4.69, 9.17) is 0 Å². The number of carbonyl (C=O) groups is 1. The third-order valence-electron chi connectivity index (χ3n) is 5.31. The molecule has 1 saturated carbocycles. The molecule has 0 spiro atoms. The first-order valence-corrected chi connectivity index (χ1v) is 8.40. The number of carboxylic acid groups (broad SMARTS) is 1. The largest absolute Gasteiger partial charge is 0.480 e. The minimum atomic E-state index is -0.740. The highest BCUT2D eigenvalue weighted by Gasteiger charge is 2.33. The molecular weight excluding hydrogens is 280 g/mol. The van der Waals surface area contributed by atoms with Gasteiger partial charge >= 0.3 is 5.97 Å². The molecule has 0 amide bonds. The van der Waals surface area contributed by atoms with Crippen molar-refractivity contribution >= 4 is 5.97 Å². The second-order valence-corrected chi connectivity index (χ2v) is 7.03. The van der Waals surface area contributed by atoms with Gasteiger partial charge in [-0.05, 0) is 38.1 Å². The van der Waals surface area contributed by atoms with Crippen LogP contribution < -0.4 is 0 Å². The summed E-state index contributed by atoms with van der Waals surface area (Å²) in [5.74, 6) is 2.53. The summed E-state index contributed by atoms with van der Waals surface area (Å²) in [7, 11) is 0. The van der Waals surface area contributed by atoms with Crippen LogP contribution >= 0.6 is 0 Å². The summed E-state index contributed by atoms with van der Waals surface area (Å²) in [6, 6.07) is -0.455. The molecule has 1 aliphatic carbocycles. The van der Waals surface area contributed by atoms with E-state index in [-0.39, 0.29) is 0 Å². The van der Waals surface area contributed by atoms with Crippen LogP contribution in [0.1, 0.15) is 50.7 Å². The Morgan fingerprint density at radius 3 is 2.91 bits per heavy atom. The van der Waals surface area contributed by atoms with Gasteiger partial charge in [-0.1, -0.05) is 26.2 Å². The summed E-state index contributed by atoms with van der Waals surface area (Å²) in [5.41, 5.74) is 0. The Morgan fingerprint density at radius 1 is 1.36 bits per heavy atom. The van der Waals surface area contributed by atoms with Crippen molar-refractivity contribution in [2.24, 2.45) is 11.8 Å². The standard InChI is InChI=1S/C16H26N4O2/c1-11-4-3-5-13(8-11)6-7-19-10-15-18-17-12(2)20(15)9-14(19)16(21)22/h11,13-14H,3-10H2,1-2H3,(H,21,22). The van der Waals surface area contributed by atoms with E-state index in [9.17, 15) is 9.90 Å². The second kappa shape index (κ2) is 6.36. The van der Waals surface area contributed by atoms with E-state index in [0.717, 1.165) is 36.5 Å². The average molecular weight is 306 g/mol. The molecule has 3 unspecified atom stereocenters. The highest BCUT2D eigenvalue weighted by molar-refractivity contribution is 5.73. The average Bonchev–Trinajstić information content (AvgIpc) is 2.85. The van der Waals surface area contributed by atoms with Crippen LogP contribution in [0.3, 0.4) is 0 Å². The SMILES string of the molecule is Cc1nnc2n1CC(C(=O)O)N(CCC1CCCC(C)C1)C2. The van der Waals surface area contributed by atoms with Gasteiger partial charge < -0.3 is 9.67 Å². The first kappa shape index (κ1) is 15.5. The molecule has 1 aromatic heterocycles. The zero-order chi connectivity index (χ0) is 15.7. The fourth-order valence-corrected chi connectivity index (χ4v) is 4.00. The minimum Gasteiger partial charge on any atom is -0.480 e. The Labute approximate surface area is 131 Å². The van der Waals surface area contributed by atoms with Crippen LogP contribution in [0.5, 0.6) is 0 Å². The number of carboxylic acids is 1. The van der Waals surface area contributed by atoms with Crippen molar-refractivity contribution in [1.29, 1.82) is 0 Å². The molecule has 122 valence electrons. The van der Waals surface area contributed by atoms with E-state index in [2.05, 4.69) is 22.0 Å². The van der Waals surface area contributed by atoms with Crippen LogP contribution in [0.4, 0.5) is 0 Å². The van der Waals surface area contributed by atoms with E-state index in [1.54, 1.807) is 0 Å². The maximum atomic E-state index is 11.6. The molecule has 1 fully saturated rings. The number of fused-ring (bicyclic) bond motifs is 1. The number of rotatable bonds is 4. The van der Waals surface area contributed by atoms with Gasteiger partial charge in [0.2, 0.25) is 0 Å². The molecule has 0 aromatic carbocycles. The fourth-order valence-electron chi connectivity index (χ4n) is 4.00. The first-order valence-electron chi connectivity index (χ1n) is 8.40. The predicted octanol–water partition coefficient (Wildman–Crippen LogP) is 2.07. The van der Waals surface area contributed by atoms with Crippen molar-refractivity contribution in [3.8, 4) is 0 Å². The summed E-state index contributed by atoms with van der Waals surface area (Å²) in [4.78, 5) is 13.7. The number of nitrogens with zero attached hydrogens (tertiary/aromatic N) is 4. The number of aliphatic carboxylic acids is 1. The van der Waals surface area contributed by atoms with E-state index in [0.29, 0.717) is 13.1 Å². The van der Waals surface area contributed by atoms with Gasteiger partial charge in [0.25, 0.3) is 0 Å². The number of hydrogen-bond acceptors (Lipinski definition) is 4. The molecule has 3 atom stereocenters. The smallest absolute Gasteiger partial charge is 0.322 e. The summed E-state index contributed by atoms with van der Waals surface area (Å²) < 4.78 is 1.94. The van der Waals surface area contributed by atoms with Crippen LogP contribution in [-0.2, 0) is 17.9 Å². The van der Waals surface area contributed by atoms with Crippen molar-refractivity contribution in [3.05, 3.63) is 11.6 Å². The van der Waals surface area contributed by atoms with E-state index in [1.165, 1.54) is 25.7 Å². The number of aryl methyl sites for hydroxylation is 1. The molecule has 1 aromatic rings. The van der Waals surface area contributed by atoms with E-state index < -0.39 is 12.0 Å². The van der Waals surface area contributed by atoms with Crippen molar-refractivity contribution in [3.63, 3.8) is 0 Å². The van der Waals surface area contributed by atoms with Crippen molar-refractivity contribution in [1.82, 2.24) is 19.7 Å². The molecule has 22 heavy (non-hydrogen) atoms. The monoisotopic (exact) mass is 306 g/mol. The molecule has 1 aliphatic heterocycles. The Morgan fingerprint density at radius 2 is 2.18 bits per heavy atom. The van der Waals surface area contributed by atoms with Gasteiger partial charge in [-0.3, -0.25) is 9.69 Å². The lowest BCUT2D eigenvalue weighted by atomic mass is 9.81. The lowest BCUT2D eigenvalue weighted by Gasteiger charge is -2.35. The molecule has 0 saturated heterocycles. The number of aromatic nitrogens is 3. The van der Waals surface area contributed by atoms with E-state index >= 15 is 0 Å². The summed E-state index contributed by atoms with van der Waals surface area (Å²) >= 11 is 0. The maximum Gasteiger partial charge on any atom is 0.322 e. The molecule has 2 heterocycles. The third kappa shape index (κ3) is 3.16. The van der Waals surface area contributed by atoms with Crippen LogP contribution in [0.2, 0.25) is 0 Å². The van der Waals surface area contributed by atoms with Crippen LogP contribution in [0.15, 0.2) is 0 Å². The molecule has 3 rings (SSSR count). The van der Waals surface area contributed by atoms with Gasteiger partial charge in [0.1, 0.15) is 17.7 Å². The third-order valence-corrected chi connectivity index (χ3v) is 5.31. The zero-order valence-electron chi connectivity index (χ0n) is 13.5. The first-order chi connectivity index (χ1) is 10.5. The highest BCUT2D eigenvalue weighted by atomic mass is 16.4. The van der Waals surface area contributed by atoms with Crippen molar-refractivity contribution in [2.75, 3.05) is 6.54 Å². The summed E-state index contributed by atoms with van der Waals surface area (Å²) in [6.07, 6.45) is 6.36. The van der Waals surface area contributed by atoms with Gasteiger partial charge in [0.05, 0.1) is 13.1 Å². The Kier molecular flexibility index (Phi) is 4.47. The molecule has 2 aliphatic rings. The number of hydrogen-bond donors (Lipinski definition) is 1. The van der Waals surface area contributed by atoms with Gasteiger partial charge in [-0.15, -0.1) is 10.2 Å².